The number of rotatable bonds is 5. The number of nitrogens with one attached hydrogen (secondary N) is 1. The minimum atomic E-state index is -0.528. The molecule has 5 heteroatoms. The number of carbonyl (C=O) groups excluding carboxylic acids is 2. The van der Waals surface area contributed by atoms with Crippen LogP contribution in [-0.2, 0) is 14.3 Å². The van der Waals surface area contributed by atoms with Crippen molar-refractivity contribution in [1.29, 1.82) is 0 Å². The van der Waals surface area contributed by atoms with E-state index < -0.39 is 11.9 Å². The van der Waals surface area contributed by atoms with Crippen LogP contribution in [0.3, 0.4) is 0 Å². The highest BCUT2D eigenvalue weighted by Gasteiger charge is 2.10. The topological polar surface area (TPSA) is 64.6 Å². The van der Waals surface area contributed by atoms with Gasteiger partial charge in [-0.2, -0.15) is 0 Å². The molecule has 0 unspecified atom stereocenters. The summed E-state index contributed by atoms with van der Waals surface area (Å²) in [5.74, 6) is -0.170. The van der Waals surface area contributed by atoms with Gasteiger partial charge in [-0.15, -0.1) is 0 Å². The van der Waals surface area contributed by atoms with Gasteiger partial charge in [0.2, 0.25) is 5.91 Å². The van der Waals surface area contributed by atoms with Crippen LogP contribution < -0.4 is 10.1 Å². The van der Waals surface area contributed by atoms with Crippen LogP contribution in [-0.4, -0.2) is 25.6 Å². The Labute approximate surface area is 106 Å². The number of ether oxygens (including phenoxy) is 2. The summed E-state index contributed by atoms with van der Waals surface area (Å²) in [4.78, 5) is 22.6. The quantitative estimate of drug-likeness (QED) is 0.641. The van der Waals surface area contributed by atoms with Crippen molar-refractivity contribution in [2.24, 2.45) is 0 Å². The number of methoxy groups -OCH3 is 1. The molecule has 0 bridgehead atoms. The minimum Gasteiger partial charge on any atom is -0.496 e. The summed E-state index contributed by atoms with van der Waals surface area (Å²) in [5.41, 5.74) is 1.54. The molecule has 0 aliphatic carbocycles. The normalized spacial score (nSPS) is 9.72. The van der Waals surface area contributed by atoms with Crippen molar-refractivity contribution in [3.8, 4) is 5.75 Å². The van der Waals surface area contributed by atoms with Gasteiger partial charge < -0.3 is 14.8 Å². The van der Waals surface area contributed by atoms with Gasteiger partial charge in [0, 0.05) is 5.69 Å². The van der Waals surface area contributed by atoms with Gasteiger partial charge in [0.1, 0.15) is 12.2 Å². The third kappa shape index (κ3) is 4.08. The first kappa shape index (κ1) is 14.0. The molecule has 0 aromatic heterocycles. The van der Waals surface area contributed by atoms with Crippen molar-refractivity contribution >= 4 is 17.6 Å². The van der Waals surface area contributed by atoms with Crippen LogP contribution in [0.2, 0.25) is 0 Å². The fourth-order valence-corrected chi connectivity index (χ4v) is 1.50. The Kier molecular flexibility index (Phi) is 5.17. The second kappa shape index (κ2) is 6.64. The number of esters is 1. The zero-order valence-electron chi connectivity index (χ0n) is 10.8. The second-order valence-corrected chi connectivity index (χ2v) is 3.71. The molecule has 98 valence electrons. The highest BCUT2D eigenvalue weighted by molar-refractivity contribution is 6.01. The molecule has 1 N–H and O–H groups in total. The first-order valence-electron chi connectivity index (χ1n) is 5.67. The van der Waals surface area contributed by atoms with Crippen molar-refractivity contribution in [3.05, 3.63) is 23.8 Å². The summed E-state index contributed by atoms with van der Waals surface area (Å²) < 4.78 is 9.81. The average Bonchev–Trinajstić information content (AvgIpc) is 2.29. The van der Waals surface area contributed by atoms with E-state index in [1.54, 1.807) is 32.2 Å². The van der Waals surface area contributed by atoms with Crippen LogP contribution in [0, 0.1) is 6.92 Å². The smallest absolute Gasteiger partial charge is 0.315 e. The maximum absolute atomic E-state index is 11.5. The molecule has 0 fully saturated rings. The summed E-state index contributed by atoms with van der Waals surface area (Å²) in [6, 6.07) is 5.26. The van der Waals surface area contributed by atoms with Crippen LogP contribution in [0.1, 0.15) is 18.9 Å². The first-order valence-corrected chi connectivity index (χ1v) is 5.67. The largest absolute Gasteiger partial charge is 0.496 e. The summed E-state index contributed by atoms with van der Waals surface area (Å²) in [6.07, 6.45) is -0.279. The maximum atomic E-state index is 11.5. The predicted octanol–water partition coefficient (Wildman–Crippen LogP) is 1.90. The maximum Gasteiger partial charge on any atom is 0.315 e. The molecule has 18 heavy (non-hydrogen) atoms. The molecular weight excluding hydrogens is 234 g/mol. The number of carbonyl (C=O) groups is 2. The van der Waals surface area contributed by atoms with E-state index in [1.165, 1.54) is 0 Å². The van der Waals surface area contributed by atoms with E-state index in [9.17, 15) is 9.59 Å². The van der Waals surface area contributed by atoms with Crippen molar-refractivity contribution in [2.75, 3.05) is 19.0 Å². The lowest BCUT2D eigenvalue weighted by molar-refractivity contribution is -0.145. The van der Waals surface area contributed by atoms with Crippen molar-refractivity contribution in [1.82, 2.24) is 0 Å². The first-order chi connectivity index (χ1) is 8.56. The highest BCUT2D eigenvalue weighted by Crippen LogP contribution is 2.21. The lowest BCUT2D eigenvalue weighted by Gasteiger charge is -2.08. The Morgan fingerprint density at radius 3 is 2.61 bits per heavy atom. The Balaban J connectivity index is 2.59. The van der Waals surface area contributed by atoms with E-state index in [-0.39, 0.29) is 13.0 Å². The molecule has 0 aliphatic heterocycles. The van der Waals surface area contributed by atoms with Gasteiger partial charge in [0.15, 0.2) is 0 Å². The van der Waals surface area contributed by atoms with E-state index in [1.807, 2.05) is 6.92 Å². The number of hydrogen-bond donors (Lipinski definition) is 1. The lowest BCUT2D eigenvalue weighted by atomic mass is 10.2. The monoisotopic (exact) mass is 251 g/mol. The number of benzene rings is 1. The van der Waals surface area contributed by atoms with Crippen molar-refractivity contribution < 1.29 is 19.1 Å². The fraction of sp³-hybridized carbons (Fsp3) is 0.385. The number of aryl methyl sites for hydroxylation is 1. The van der Waals surface area contributed by atoms with E-state index >= 15 is 0 Å². The molecule has 1 aromatic rings. The Morgan fingerprint density at radius 2 is 2.06 bits per heavy atom. The van der Waals surface area contributed by atoms with Crippen LogP contribution in [0.25, 0.3) is 0 Å². The van der Waals surface area contributed by atoms with Gasteiger partial charge in [-0.25, -0.2) is 0 Å². The van der Waals surface area contributed by atoms with E-state index in [2.05, 4.69) is 5.32 Å². The summed E-state index contributed by atoms with van der Waals surface area (Å²) in [7, 11) is 1.58. The number of hydrogen-bond acceptors (Lipinski definition) is 4. The molecule has 1 amide bonds. The molecular formula is C13H17NO4. The van der Waals surface area contributed by atoms with E-state index in [0.29, 0.717) is 5.69 Å². The van der Waals surface area contributed by atoms with E-state index in [4.69, 9.17) is 9.47 Å². The fourth-order valence-electron chi connectivity index (χ4n) is 1.50. The molecule has 0 radical (unpaired) electrons. The molecule has 0 atom stereocenters. The average molecular weight is 251 g/mol. The summed E-state index contributed by atoms with van der Waals surface area (Å²) in [6.45, 7) is 3.84. The molecule has 0 spiro atoms. The van der Waals surface area contributed by atoms with Crippen molar-refractivity contribution in [3.63, 3.8) is 0 Å². The SMILES string of the molecule is CCOC(=O)CC(=O)Nc1ccc(OC)c(C)c1. The Morgan fingerprint density at radius 1 is 1.33 bits per heavy atom. The van der Waals surface area contributed by atoms with Crippen LogP contribution in [0.15, 0.2) is 18.2 Å². The van der Waals surface area contributed by atoms with Gasteiger partial charge in [0.05, 0.1) is 13.7 Å². The number of anilines is 1. The molecule has 1 rings (SSSR count). The molecule has 0 heterocycles. The minimum absolute atomic E-state index is 0.272. The Bertz CT molecular complexity index is 443. The zero-order valence-corrected chi connectivity index (χ0v) is 10.8. The Hall–Kier alpha value is -2.04. The third-order valence-electron chi connectivity index (χ3n) is 2.29. The van der Waals surface area contributed by atoms with E-state index in [0.717, 1.165) is 11.3 Å². The number of amides is 1. The van der Waals surface area contributed by atoms with Crippen LogP contribution in [0.4, 0.5) is 5.69 Å². The zero-order chi connectivity index (χ0) is 13.5. The van der Waals surface area contributed by atoms with Gasteiger partial charge >= 0.3 is 5.97 Å². The summed E-state index contributed by atoms with van der Waals surface area (Å²) >= 11 is 0. The van der Waals surface area contributed by atoms with Gasteiger partial charge in [0.25, 0.3) is 0 Å². The molecule has 5 nitrogen and oxygen atoms in total. The highest BCUT2D eigenvalue weighted by atomic mass is 16.5. The second-order valence-electron chi connectivity index (χ2n) is 3.71. The van der Waals surface area contributed by atoms with Gasteiger partial charge in [-0.1, -0.05) is 0 Å². The predicted molar refractivity (Wildman–Crippen MR) is 67.6 cm³/mol. The van der Waals surface area contributed by atoms with Crippen LogP contribution in [0.5, 0.6) is 5.75 Å². The standard InChI is InChI=1S/C13H17NO4/c1-4-18-13(16)8-12(15)14-10-5-6-11(17-3)9(2)7-10/h5-7H,4,8H2,1-3H3,(H,14,15). The molecule has 1 aromatic carbocycles. The molecule has 0 saturated heterocycles. The lowest BCUT2D eigenvalue weighted by Crippen LogP contribution is -2.18. The summed E-state index contributed by atoms with van der Waals surface area (Å²) in [5, 5.41) is 2.63. The molecule has 0 saturated carbocycles. The van der Waals surface area contributed by atoms with Crippen molar-refractivity contribution in [2.45, 2.75) is 20.3 Å². The van der Waals surface area contributed by atoms with Gasteiger partial charge in [-0.3, -0.25) is 9.59 Å². The molecule has 0 aliphatic rings. The van der Waals surface area contributed by atoms with Crippen LogP contribution >= 0.6 is 0 Å². The van der Waals surface area contributed by atoms with Gasteiger partial charge in [-0.05, 0) is 37.6 Å². The third-order valence-corrected chi connectivity index (χ3v) is 2.29.